The first-order valence-electron chi connectivity index (χ1n) is 4.28. The Balaban J connectivity index is 2.23. The van der Waals surface area contributed by atoms with Gasteiger partial charge in [0, 0.05) is 13.0 Å². The molecule has 1 unspecified atom stereocenters. The SMILES string of the molecule is NCC1Cc2ccccc2CO1. The molecular weight excluding hydrogens is 150 g/mol. The van der Waals surface area contributed by atoms with Crippen LogP contribution in [0.25, 0.3) is 0 Å². The minimum atomic E-state index is 0.222. The molecule has 12 heavy (non-hydrogen) atoms. The van der Waals surface area contributed by atoms with Crippen LogP contribution in [0.1, 0.15) is 11.1 Å². The minimum Gasteiger partial charge on any atom is -0.372 e. The number of benzene rings is 1. The van der Waals surface area contributed by atoms with Crippen LogP contribution >= 0.6 is 0 Å². The van der Waals surface area contributed by atoms with Gasteiger partial charge in [-0.25, -0.2) is 0 Å². The average molecular weight is 163 g/mol. The Labute approximate surface area is 72.3 Å². The summed E-state index contributed by atoms with van der Waals surface area (Å²) >= 11 is 0. The van der Waals surface area contributed by atoms with Gasteiger partial charge < -0.3 is 10.5 Å². The summed E-state index contributed by atoms with van der Waals surface area (Å²) in [4.78, 5) is 0. The first-order valence-corrected chi connectivity index (χ1v) is 4.28. The van der Waals surface area contributed by atoms with Crippen LogP contribution in [-0.4, -0.2) is 12.6 Å². The van der Waals surface area contributed by atoms with E-state index >= 15 is 0 Å². The van der Waals surface area contributed by atoms with E-state index < -0.39 is 0 Å². The molecular formula is C10H13NO. The number of ether oxygens (including phenoxy) is 1. The van der Waals surface area contributed by atoms with Gasteiger partial charge in [-0.15, -0.1) is 0 Å². The van der Waals surface area contributed by atoms with Crippen molar-refractivity contribution in [2.45, 2.75) is 19.1 Å². The van der Waals surface area contributed by atoms with E-state index in [1.54, 1.807) is 0 Å². The monoisotopic (exact) mass is 163 g/mol. The van der Waals surface area contributed by atoms with Crippen LogP contribution < -0.4 is 5.73 Å². The van der Waals surface area contributed by atoms with E-state index in [0.717, 1.165) is 13.0 Å². The smallest absolute Gasteiger partial charge is 0.0742 e. The second-order valence-electron chi connectivity index (χ2n) is 3.14. The van der Waals surface area contributed by atoms with Crippen LogP contribution in [-0.2, 0) is 17.8 Å². The molecule has 0 radical (unpaired) electrons. The third-order valence-corrected chi connectivity index (χ3v) is 2.30. The Morgan fingerprint density at radius 2 is 2.08 bits per heavy atom. The van der Waals surface area contributed by atoms with Crippen molar-refractivity contribution in [3.8, 4) is 0 Å². The highest BCUT2D eigenvalue weighted by molar-refractivity contribution is 5.28. The third kappa shape index (κ3) is 1.36. The van der Waals surface area contributed by atoms with Crippen molar-refractivity contribution in [1.29, 1.82) is 0 Å². The zero-order valence-electron chi connectivity index (χ0n) is 6.99. The van der Waals surface area contributed by atoms with Crippen molar-refractivity contribution in [3.63, 3.8) is 0 Å². The van der Waals surface area contributed by atoms with E-state index in [2.05, 4.69) is 18.2 Å². The van der Waals surface area contributed by atoms with E-state index in [0.29, 0.717) is 6.54 Å². The van der Waals surface area contributed by atoms with Gasteiger partial charge in [0.15, 0.2) is 0 Å². The summed E-state index contributed by atoms with van der Waals surface area (Å²) in [6.45, 7) is 1.34. The molecule has 0 fully saturated rings. The van der Waals surface area contributed by atoms with Gasteiger partial charge in [-0.05, 0) is 11.1 Å². The number of rotatable bonds is 1. The normalized spacial score (nSPS) is 21.9. The Hall–Kier alpha value is -0.860. The van der Waals surface area contributed by atoms with Gasteiger partial charge >= 0.3 is 0 Å². The molecule has 2 rings (SSSR count). The molecule has 1 atom stereocenters. The first-order chi connectivity index (χ1) is 5.90. The predicted molar refractivity (Wildman–Crippen MR) is 47.8 cm³/mol. The molecule has 0 bridgehead atoms. The maximum Gasteiger partial charge on any atom is 0.0742 e. The summed E-state index contributed by atoms with van der Waals surface area (Å²) in [5, 5.41) is 0. The second kappa shape index (κ2) is 3.25. The fourth-order valence-electron chi connectivity index (χ4n) is 1.56. The maximum absolute atomic E-state index is 5.54. The minimum absolute atomic E-state index is 0.222. The summed E-state index contributed by atoms with van der Waals surface area (Å²) in [7, 11) is 0. The average Bonchev–Trinajstić information content (AvgIpc) is 2.17. The van der Waals surface area contributed by atoms with Gasteiger partial charge in [-0.2, -0.15) is 0 Å². The third-order valence-electron chi connectivity index (χ3n) is 2.30. The summed E-state index contributed by atoms with van der Waals surface area (Å²) in [5.74, 6) is 0. The fraction of sp³-hybridized carbons (Fsp3) is 0.400. The predicted octanol–water partition coefficient (Wildman–Crippen LogP) is 1.09. The van der Waals surface area contributed by atoms with Gasteiger partial charge in [0.2, 0.25) is 0 Å². The Kier molecular flexibility index (Phi) is 2.11. The molecule has 0 amide bonds. The summed E-state index contributed by atoms with van der Waals surface area (Å²) in [6, 6.07) is 8.38. The van der Waals surface area contributed by atoms with E-state index in [4.69, 9.17) is 10.5 Å². The zero-order chi connectivity index (χ0) is 8.39. The molecule has 2 nitrogen and oxygen atoms in total. The summed E-state index contributed by atoms with van der Waals surface area (Å²) in [6.07, 6.45) is 1.19. The molecule has 1 aromatic carbocycles. The maximum atomic E-state index is 5.54. The standard InChI is InChI=1S/C10H13NO/c11-6-10-5-8-3-1-2-4-9(8)7-12-10/h1-4,10H,5-7,11H2. The number of nitrogens with two attached hydrogens (primary N) is 1. The lowest BCUT2D eigenvalue weighted by Crippen LogP contribution is -2.29. The molecule has 1 heterocycles. The van der Waals surface area contributed by atoms with Gasteiger partial charge in [0.1, 0.15) is 0 Å². The van der Waals surface area contributed by atoms with Crippen LogP contribution in [0.5, 0.6) is 0 Å². The molecule has 1 aliphatic heterocycles. The van der Waals surface area contributed by atoms with Crippen LogP contribution in [0.4, 0.5) is 0 Å². The van der Waals surface area contributed by atoms with Crippen molar-refractivity contribution < 1.29 is 4.74 Å². The number of fused-ring (bicyclic) bond motifs is 1. The van der Waals surface area contributed by atoms with Gasteiger partial charge in [-0.3, -0.25) is 0 Å². The number of hydrogen-bond donors (Lipinski definition) is 1. The fourth-order valence-corrected chi connectivity index (χ4v) is 1.56. The molecule has 0 saturated heterocycles. The van der Waals surface area contributed by atoms with Gasteiger partial charge in [-0.1, -0.05) is 24.3 Å². The molecule has 2 heteroatoms. The van der Waals surface area contributed by atoms with E-state index in [-0.39, 0.29) is 6.10 Å². The van der Waals surface area contributed by atoms with E-state index in [1.165, 1.54) is 11.1 Å². The van der Waals surface area contributed by atoms with Crippen molar-refractivity contribution in [3.05, 3.63) is 35.4 Å². The number of hydrogen-bond acceptors (Lipinski definition) is 2. The Bertz CT molecular complexity index is 272. The highest BCUT2D eigenvalue weighted by atomic mass is 16.5. The van der Waals surface area contributed by atoms with E-state index in [1.807, 2.05) is 6.07 Å². The van der Waals surface area contributed by atoms with E-state index in [9.17, 15) is 0 Å². The van der Waals surface area contributed by atoms with Crippen molar-refractivity contribution in [2.24, 2.45) is 5.73 Å². The molecule has 2 N–H and O–H groups in total. The molecule has 0 aromatic heterocycles. The van der Waals surface area contributed by atoms with Crippen molar-refractivity contribution >= 4 is 0 Å². The molecule has 0 spiro atoms. The van der Waals surface area contributed by atoms with Crippen molar-refractivity contribution in [1.82, 2.24) is 0 Å². The molecule has 1 aliphatic rings. The van der Waals surface area contributed by atoms with Gasteiger partial charge in [0.05, 0.1) is 12.7 Å². The second-order valence-corrected chi connectivity index (χ2v) is 3.14. The first kappa shape index (κ1) is 7.77. The Morgan fingerprint density at radius 1 is 1.33 bits per heavy atom. The van der Waals surface area contributed by atoms with Gasteiger partial charge in [0.25, 0.3) is 0 Å². The van der Waals surface area contributed by atoms with Crippen molar-refractivity contribution in [2.75, 3.05) is 6.54 Å². The Morgan fingerprint density at radius 3 is 2.83 bits per heavy atom. The molecule has 0 aliphatic carbocycles. The topological polar surface area (TPSA) is 35.2 Å². The van der Waals surface area contributed by atoms with Crippen LogP contribution in [0.15, 0.2) is 24.3 Å². The molecule has 1 aromatic rings. The van der Waals surface area contributed by atoms with Crippen LogP contribution in [0, 0.1) is 0 Å². The highest BCUT2D eigenvalue weighted by Gasteiger charge is 2.16. The highest BCUT2D eigenvalue weighted by Crippen LogP contribution is 2.19. The molecule has 64 valence electrons. The lowest BCUT2D eigenvalue weighted by molar-refractivity contribution is 0.0345. The zero-order valence-corrected chi connectivity index (χ0v) is 6.99. The lowest BCUT2D eigenvalue weighted by atomic mass is 9.99. The largest absolute Gasteiger partial charge is 0.372 e. The lowest BCUT2D eigenvalue weighted by Gasteiger charge is -2.23. The summed E-state index contributed by atoms with van der Waals surface area (Å²) in [5.41, 5.74) is 8.23. The van der Waals surface area contributed by atoms with Crippen LogP contribution in [0.2, 0.25) is 0 Å². The van der Waals surface area contributed by atoms with Crippen LogP contribution in [0.3, 0.4) is 0 Å². The quantitative estimate of drug-likeness (QED) is 0.672. The summed E-state index contributed by atoms with van der Waals surface area (Å²) < 4.78 is 5.53. The molecule has 0 saturated carbocycles.